The maximum Gasteiger partial charge on any atom is 0.308 e. The number of nitrogens with zero attached hydrogens (tertiary/aromatic N) is 4. The highest BCUT2D eigenvalue weighted by Crippen LogP contribution is 2.21. The topological polar surface area (TPSA) is 112 Å². The first-order chi connectivity index (χ1) is 12.7. The second-order valence-electron chi connectivity index (χ2n) is 5.15. The van der Waals surface area contributed by atoms with Gasteiger partial charge in [0.2, 0.25) is 11.8 Å². The van der Waals surface area contributed by atoms with Crippen LogP contribution in [0.3, 0.4) is 0 Å². The van der Waals surface area contributed by atoms with Gasteiger partial charge in [0.15, 0.2) is 6.61 Å². The van der Waals surface area contributed by atoms with Crippen molar-refractivity contribution in [1.29, 1.82) is 0 Å². The lowest BCUT2D eigenvalue weighted by Crippen LogP contribution is -2.12. The van der Waals surface area contributed by atoms with Gasteiger partial charge in [0.25, 0.3) is 5.89 Å². The number of carbonyl (C=O) groups excluding carboxylic acids is 1. The van der Waals surface area contributed by atoms with E-state index in [1.54, 1.807) is 31.6 Å². The third-order valence-electron chi connectivity index (χ3n) is 3.33. The molecule has 0 amide bonds. The molecule has 9 heteroatoms. The minimum Gasteiger partial charge on any atom is -0.497 e. The lowest BCUT2D eigenvalue weighted by Gasteiger charge is -2.04. The van der Waals surface area contributed by atoms with Crippen molar-refractivity contribution in [2.45, 2.75) is 13.0 Å². The van der Waals surface area contributed by atoms with Crippen molar-refractivity contribution in [2.75, 3.05) is 19.0 Å². The second-order valence-corrected chi connectivity index (χ2v) is 5.15. The van der Waals surface area contributed by atoms with Crippen LogP contribution in [0.15, 0.2) is 47.2 Å². The number of ether oxygens (including phenoxy) is 2. The average Bonchev–Trinajstić information content (AvgIpc) is 3.16. The zero-order valence-electron chi connectivity index (χ0n) is 14.1. The van der Waals surface area contributed by atoms with Crippen LogP contribution in [-0.2, 0) is 16.1 Å². The zero-order valence-corrected chi connectivity index (χ0v) is 14.1. The van der Waals surface area contributed by atoms with E-state index in [0.29, 0.717) is 24.1 Å². The summed E-state index contributed by atoms with van der Waals surface area (Å²) in [5.74, 6) is 1.37. The predicted molar refractivity (Wildman–Crippen MR) is 91.2 cm³/mol. The highest BCUT2D eigenvalue weighted by Gasteiger charge is 2.11. The minimum atomic E-state index is -0.394. The van der Waals surface area contributed by atoms with Crippen LogP contribution in [0, 0.1) is 0 Å². The smallest absolute Gasteiger partial charge is 0.308 e. The van der Waals surface area contributed by atoms with Crippen LogP contribution in [0.4, 0.5) is 5.95 Å². The quantitative estimate of drug-likeness (QED) is 0.607. The summed E-state index contributed by atoms with van der Waals surface area (Å²) in [6.45, 7) is 0.277. The van der Waals surface area contributed by atoms with E-state index in [-0.39, 0.29) is 18.9 Å². The van der Waals surface area contributed by atoms with E-state index in [0.717, 1.165) is 5.56 Å². The SMILES string of the molecule is COc1cccc(-c2noc(COC(=O)CCNc3ncccn3)n2)c1. The number of carbonyl (C=O) groups is 1. The van der Waals surface area contributed by atoms with Gasteiger partial charge in [0.05, 0.1) is 13.5 Å². The van der Waals surface area contributed by atoms with Gasteiger partial charge in [-0.05, 0) is 18.2 Å². The van der Waals surface area contributed by atoms with Gasteiger partial charge < -0.3 is 19.3 Å². The van der Waals surface area contributed by atoms with Gasteiger partial charge >= 0.3 is 5.97 Å². The summed E-state index contributed by atoms with van der Waals surface area (Å²) >= 11 is 0. The molecule has 0 unspecified atom stereocenters. The standard InChI is InChI=1S/C17H17N5O4/c1-24-13-5-2-4-12(10-13)16-21-14(26-22-16)11-25-15(23)6-9-20-17-18-7-3-8-19-17/h2-5,7-8,10H,6,9,11H2,1H3,(H,18,19,20). The molecule has 0 atom stereocenters. The Balaban J connectivity index is 1.46. The maximum atomic E-state index is 11.8. The minimum absolute atomic E-state index is 0.0857. The molecule has 9 nitrogen and oxygen atoms in total. The molecule has 26 heavy (non-hydrogen) atoms. The average molecular weight is 355 g/mol. The van der Waals surface area contributed by atoms with Gasteiger partial charge in [-0.1, -0.05) is 17.3 Å². The first-order valence-corrected chi connectivity index (χ1v) is 7.88. The highest BCUT2D eigenvalue weighted by atomic mass is 16.6. The summed E-state index contributed by atoms with van der Waals surface area (Å²) in [6, 6.07) is 8.98. The Hall–Kier alpha value is -3.49. The van der Waals surface area contributed by atoms with Gasteiger partial charge in [-0.2, -0.15) is 4.98 Å². The van der Waals surface area contributed by atoms with Gasteiger partial charge in [-0.3, -0.25) is 4.79 Å². The number of anilines is 1. The molecule has 1 N–H and O–H groups in total. The Labute approximate surface area is 149 Å². The number of rotatable bonds is 8. The van der Waals surface area contributed by atoms with Crippen LogP contribution in [0.2, 0.25) is 0 Å². The van der Waals surface area contributed by atoms with Crippen molar-refractivity contribution in [3.8, 4) is 17.1 Å². The Bertz CT molecular complexity index is 853. The lowest BCUT2D eigenvalue weighted by molar-refractivity contribution is -0.145. The number of aromatic nitrogens is 4. The summed E-state index contributed by atoms with van der Waals surface area (Å²) in [7, 11) is 1.58. The first-order valence-electron chi connectivity index (χ1n) is 7.88. The fraction of sp³-hybridized carbons (Fsp3) is 0.235. The number of hydrogen-bond acceptors (Lipinski definition) is 9. The van der Waals surface area contributed by atoms with Crippen molar-refractivity contribution in [3.63, 3.8) is 0 Å². The van der Waals surface area contributed by atoms with Crippen molar-refractivity contribution in [2.24, 2.45) is 0 Å². The van der Waals surface area contributed by atoms with Crippen molar-refractivity contribution in [1.82, 2.24) is 20.1 Å². The molecule has 0 fully saturated rings. The van der Waals surface area contributed by atoms with Crippen LogP contribution < -0.4 is 10.1 Å². The molecule has 2 aromatic heterocycles. The van der Waals surface area contributed by atoms with Gasteiger partial charge in [-0.15, -0.1) is 0 Å². The molecule has 0 aliphatic rings. The van der Waals surface area contributed by atoms with Gasteiger partial charge in [0, 0.05) is 24.5 Å². The van der Waals surface area contributed by atoms with Crippen molar-refractivity contribution < 1.29 is 18.8 Å². The number of esters is 1. The summed E-state index contributed by atoms with van der Waals surface area (Å²) in [5.41, 5.74) is 0.748. The molecule has 3 aromatic rings. The van der Waals surface area contributed by atoms with Crippen LogP contribution in [0.25, 0.3) is 11.4 Å². The maximum absolute atomic E-state index is 11.8. The highest BCUT2D eigenvalue weighted by molar-refractivity contribution is 5.69. The number of benzene rings is 1. The summed E-state index contributed by atoms with van der Waals surface area (Å²) in [6.07, 6.45) is 3.39. The lowest BCUT2D eigenvalue weighted by atomic mass is 10.2. The molecule has 0 bridgehead atoms. The van der Waals surface area contributed by atoms with Crippen molar-refractivity contribution >= 4 is 11.9 Å². The molecular weight excluding hydrogens is 338 g/mol. The Kier molecular flexibility index (Phi) is 5.71. The van der Waals surface area contributed by atoms with E-state index in [9.17, 15) is 4.79 Å². The van der Waals surface area contributed by atoms with E-state index >= 15 is 0 Å². The number of hydrogen-bond donors (Lipinski definition) is 1. The predicted octanol–water partition coefficient (Wildman–Crippen LogP) is 2.08. The summed E-state index contributed by atoms with van der Waals surface area (Å²) < 4.78 is 15.4. The molecule has 0 saturated heterocycles. The number of methoxy groups -OCH3 is 1. The van der Waals surface area contributed by atoms with Crippen LogP contribution in [0.5, 0.6) is 5.75 Å². The molecule has 1 aromatic carbocycles. The van der Waals surface area contributed by atoms with Gasteiger partial charge in [0.1, 0.15) is 5.75 Å². The zero-order chi connectivity index (χ0) is 18.2. The molecule has 0 spiro atoms. The summed E-state index contributed by atoms with van der Waals surface area (Å²) in [5, 5.41) is 6.80. The number of nitrogens with one attached hydrogen (secondary N) is 1. The van der Waals surface area contributed by atoms with E-state index < -0.39 is 5.97 Å². The van der Waals surface area contributed by atoms with Crippen LogP contribution >= 0.6 is 0 Å². The molecule has 0 aliphatic heterocycles. The molecule has 2 heterocycles. The molecule has 0 aliphatic carbocycles. The second kappa shape index (κ2) is 8.56. The Morgan fingerprint density at radius 3 is 2.88 bits per heavy atom. The normalized spacial score (nSPS) is 10.3. The summed E-state index contributed by atoms with van der Waals surface area (Å²) in [4.78, 5) is 24.0. The largest absolute Gasteiger partial charge is 0.497 e. The van der Waals surface area contributed by atoms with Crippen LogP contribution in [0.1, 0.15) is 12.3 Å². The van der Waals surface area contributed by atoms with E-state index in [4.69, 9.17) is 14.0 Å². The van der Waals surface area contributed by atoms with Crippen molar-refractivity contribution in [3.05, 3.63) is 48.6 Å². The third kappa shape index (κ3) is 4.76. The fourth-order valence-corrected chi connectivity index (χ4v) is 2.07. The molecule has 0 saturated carbocycles. The fourth-order valence-electron chi connectivity index (χ4n) is 2.07. The van der Waals surface area contributed by atoms with E-state index in [1.165, 1.54) is 0 Å². The molecule has 134 valence electrons. The Morgan fingerprint density at radius 1 is 1.23 bits per heavy atom. The molecule has 3 rings (SSSR count). The monoisotopic (exact) mass is 355 g/mol. The Morgan fingerprint density at radius 2 is 2.08 bits per heavy atom. The van der Waals surface area contributed by atoms with Gasteiger partial charge in [-0.25, -0.2) is 9.97 Å². The van der Waals surface area contributed by atoms with E-state index in [2.05, 4.69) is 25.4 Å². The molecular formula is C17H17N5O4. The first kappa shape index (κ1) is 17.3. The molecule has 0 radical (unpaired) electrons. The third-order valence-corrected chi connectivity index (χ3v) is 3.33. The van der Waals surface area contributed by atoms with E-state index in [1.807, 2.05) is 18.2 Å². The van der Waals surface area contributed by atoms with Crippen LogP contribution in [-0.4, -0.2) is 39.7 Å².